The number of benzene rings is 1. The maximum absolute atomic E-state index is 13.9. The van der Waals surface area contributed by atoms with E-state index in [0.29, 0.717) is 22.0 Å². The first-order valence-corrected chi connectivity index (χ1v) is 4.69. The number of aromatic amines is 1. The fraction of sp³-hybridized carbons (Fsp3) is 0. The zero-order valence-electron chi connectivity index (χ0n) is 8.07. The summed E-state index contributed by atoms with van der Waals surface area (Å²) in [7, 11) is 0. The minimum absolute atomic E-state index is 0.295. The van der Waals surface area contributed by atoms with Crippen LogP contribution in [-0.2, 0) is 0 Å². The lowest BCUT2D eigenvalue weighted by atomic mass is 10.2. The van der Waals surface area contributed by atoms with Gasteiger partial charge in [-0.15, -0.1) is 0 Å². The fourth-order valence-corrected chi connectivity index (χ4v) is 1.99. The smallest absolute Gasteiger partial charge is 0.431 e. The number of carbonyl (C=O) groups is 1. The Bertz CT molecular complexity index is 668. The van der Waals surface area contributed by atoms with Gasteiger partial charge in [-0.2, -0.15) is 4.68 Å². The molecule has 80 valence electrons. The van der Waals surface area contributed by atoms with Crippen LogP contribution < -0.4 is 0 Å². The number of rotatable bonds is 0. The Kier molecular flexibility index (Phi) is 1.60. The molecule has 1 aliphatic heterocycles. The Morgan fingerprint density at radius 3 is 2.69 bits per heavy atom. The molecule has 2 aliphatic rings. The van der Waals surface area contributed by atoms with Crippen LogP contribution in [0.2, 0.25) is 0 Å². The molecule has 0 saturated heterocycles. The molecule has 1 aliphatic carbocycles. The highest BCUT2D eigenvalue weighted by atomic mass is 19.1. The van der Waals surface area contributed by atoms with Gasteiger partial charge in [0.05, 0.1) is 11.3 Å². The molecule has 1 aromatic rings. The number of aromatic nitrogens is 2. The second kappa shape index (κ2) is 2.85. The predicted molar refractivity (Wildman–Crippen MR) is 56.3 cm³/mol. The number of carboxylic acid groups (broad SMARTS) is 1. The second-order valence-corrected chi connectivity index (χ2v) is 3.51. The Balaban J connectivity index is 2.51. The molecule has 0 fully saturated rings. The van der Waals surface area contributed by atoms with Gasteiger partial charge in [0.15, 0.2) is 0 Å². The number of hydrogen-bond donors (Lipinski definition) is 2. The first kappa shape index (κ1) is 8.96. The van der Waals surface area contributed by atoms with Crippen molar-refractivity contribution in [2.45, 2.75) is 0 Å². The topological polar surface area (TPSA) is 58.0 Å². The summed E-state index contributed by atoms with van der Waals surface area (Å²) < 4.78 is 14.8. The molecule has 0 amide bonds. The summed E-state index contributed by atoms with van der Waals surface area (Å²) in [5, 5.41) is 12.5. The monoisotopic (exact) mass is 218 g/mol. The molecule has 0 radical (unpaired) electrons. The van der Waals surface area contributed by atoms with Crippen molar-refractivity contribution in [3.8, 4) is 11.3 Å². The Morgan fingerprint density at radius 1 is 1.31 bits per heavy atom. The van der Waals surface area contributed by atoms with Gasteiger partial charge in [0, 0.05) is 17.0 Å². The average molecular weight is 218 g/mol. The lowest BCUT2D eigenvalue weighted by Crippen LogP contribution is -2.09. The van der Waals surface area contributed by atoms with E-state index >= 15 is 0 Å². The standard InChI is InChI=1S/C11H7FN2O2/c12-9-6-3-1-2-4-7(6)10-8(9)5-13-14(10)11(15)16/h1-5,13H,(H,15,16). The van der Waals surface area contributed by atoms with Crippen LogP contribution in [0.4, 0.5) is 9.18 Å². The predicted octanol–water partition coefficient (Wildman–Crippen LogP) is 2.74. The van der Waals surface area contributed by atoms with Gasteiger partial charge in [-0.3, -0.25) is 5.10 Å². The maximum atomic E-state index is 13.9. The molecule has 0 bridgehead atoms. The summed E-state index contributed by atoms with van der Waals surface area (Å²) in [5.74, 6) is -0.387. The summed E-state index contributed by atoms with van der Waals surface area (Å²) in [5.41, 5.74) is 0.657. The summed E-state index contributed by atoms with van der Waals surface area (Å²) >= 11 is 0. The van der Waals surface area contributed by atoms with Crippen molar-refractivity contribution in [2.75, 3.05) is 0 Å². The molecule has 1 aromatic carbocycles. The molecule has 0 unspecified atom stereocenters. The summed E-state index contributed by atoms with van der Waals surface area (Å²) in [6.45, 7) is 0. The molecule has 3 rings (SSSR count). The van der Waals surface area contributed by atoms with Crippen molar-refractivity contribution in [1.82, 2.24) is 9.78 Å². The van der Waals surface area contributed by atoms with Gasteiger partial charge in [-0.25, -0.2) is 9.18 Å². The van der Waals surface area contributed by atoms with Gasteiger partial charge in [0.1, 0.15) is 5.82 Å². The molecule has 16 heavy (non-hydrogen) atoms. The van der Waals surface area contributed by atoms with Crippen LogP contribution in [0.15, 0.2) is 30.5 Å². The van der Waals surface area contributed by atoms with Gasteiger partial charge < -0.3 is 5.11 Å². The van der Waals surface area contributed by atoms with Gasteiger partial charge in [-0.1, -0.05) is 24.3 Å². The van der Waals surface area contributed by atoms with E-state index in [1.807, 2.05) is 0 Å². The number of nitrogens with one attached hydrogen (secondary N) is 1. The number of nitrogens with zero attached hydrogens (tertiary/aromatic N) is 1. The minimum Gasteiger partial charge on any atom is -0.463 e. The molecular weight excluding hydrogens is 211 g/mol. The van der Waals surface area contributed by atoms with Gasteiger partial charge in [-0.05, 0) is 0 Å². The molecule has 0 atom stereocenters. The fourth-order valence-electron chi connectivity index (χ4n) is 1.99. The van der Waals surface area contributed by atoms with Crippen LogP contribution in [-0.4, -0.2) is 21.0 Å². The van der Waals surface area contributed by atoms with E-state index in [1.165, 1.54) is 6.20 Å². The van der Waals surface area contributed by atoms with Crippen LogP contribution in [0, 0.1) is 5.82 Å². The van der Waals surface area contributed by atoms with E-state index in [2.05, 4.69) is 5.10 Å². The molecule has 5 heteroatoms. The quantitative estimate of drug-likeness (QED) is 0.609. The molecule has 0 aromatic heterocycles. The van der Waals surface area contributed by atoms with Crippen LogP contribution in [0.25, 0.3) is 22.0 Å². The third-order valence-electron chi connectivity index (χ3n) is 2.66. The zero-order chi connectivity index (χ0) is 11.3. The lowest BCUT2D eigenvalue weighted by molar-refractivity contribution is 0.193. The average Bonchev–Trinajstić information content (AvgIpc) is 2.81. The van der Waals surface area contributed by atoms with E-state index in [1.54, 1.807) is 24.3 Å². The molecule has 0 spiro atoms. The molecule has 4 nitrogen and oxygen atoms in total. The van der Waals surface area contributed by atoms with E-state index in [0.717, 1.165) is 4.68 Å². The number of fused-ring (bicyclic) bond motifs is 3. The molecular formula is C11H7FN2O2. The van der Waals surface area contributed by atoms with Crippen LogP contribution >= 0.6 is 0 Å². The second-order valence-electron chi connectivity index (χ2n) is 3.51. The SMILES string of the molecule is O=C(O)n1[nH]cc2c(F)c3ccccc3c1-2. The zero-order valence-corrected chi connectivity index (χ0v) is 8.07. The highest BCUT2D eigenvalue weighted by Crippen LogP contribution is 2.37. The largest absolute Gasteiger partial charge is 0.463 e. The maximum Gasteiger partial charge on any atom is 0.431 e. The van der Waals surface area contributed by atoms with Crippen molar-refractivity contribution in [2.24, 2.45) is 0 Å². The first-order valence-electron chi connectivity index (χ1n) is 4.69. The van der Waals surface area contributed by atoms with Crippen molar-refractivity contribution in [3.05, 3.63) is 36.3 Å². The van der Waals surface area contributed by atoms with Gasteiger partial charge in [0.25, 0.3) is 0 Å². The van der Waals surface area contributed by atoms with Crippen LogP contribution in [0.3, 0.4) is 0 Å². The van der Waals surface area contributed by atoms with Gasteiger partial charge in [0.2, 0.25) is 0 Å². The lowest BCUT2D eigenvalue weighted by Gasteiger charge is -1.98. The van der Waals surface area contributed by atoms with E-state index in [9.17, 15) is 9.18 Å². The normalized spacial score (nSPS) is 11.3. The summed E-state index contributed by atoms with van der Waals surface area (Å²) in [6.07, 6.45) is 0.199. The summed E-state index contributed by atoms with van der Waals surface area (Å²) in [6, 6.07) is 6.81. The molecule has 2 N–H and O–H groups in total. The van der Waals surface area contributed by atoms with Crippen molar-refractivity contribution < 1.29 is 14.3 Å². The number of halogens is 1. The van der Waals surface area contributed by atoms with E-state index in [-0.39, 0.29) is 5.82 Å². The van der Waals surface area contributed by atoms with Crippen LogP contribution in [0.5, 0.6) is 0 Å². The Morgan fingerprint density at radius 2 is 2.00 bits per heavy atom. The highest BCUT2D eigenvalue weighted by Gasteiger charge is 2.23. The minimum atomic E-state index is -1.16. The van der Waals surface area contributed by atoms with Crippen molar-refractivity contribution in [3.63, 3.8) is 0 Å². The number of H-pyrrole nitrogens is 1. The Hall–Kier alpha value is -2.30. The summed E-state index contributed by atoms with van der Waals surface area (Å²) in [4.78, 5) is 10.9. The highest BCUT2D eigenvalue weighted by molar-refractivity contribution is 6.03. The van der Waals surface area contributed by atoms with Crippen molar-refractivity contribution in [1.29, 1.82) is 0 Å². The first-order chi connectivity index (χ1) is 7.70. The van der Waals surface area contributed by atoms with E-state index in [4.69, 9.17) is 5.11 Å². The van der Waals surface area contributed by atoms with Crippen molar-refractivity contribution >= 4 is 16.9 Å². The third-order valence-corrected chi connectivity index (χ3v) is 2.66. The third kappa shape index (κ3) is 0.942. The van der Waals surface area contributed by atoms with Crippen LogP contribution in [0.1, 0.15) is 0 Å². The van der Waals surface area contributed by atoms with Gasteiger partial charge >= 0.3 is 6.09 Å². The molecule has 1 heterocycles. The molecule has 0 saturated carbocycles. The number of hydrogen-bond acceptors (Lipinski definition) is 1. The van der Waals surface area contributed by atoms with E-state index < -0.39 is 6.09 Å². The Labute approximate surface area is 89.2 Å².